The van der Waals surface area contributed by atoms with Crippen molar-refractivity contribution in [1.29, 1.82) is 0 Å². The van der Waals surface area contributed by atoms with Crippen LogP contribution in [0.4, 0.5) is 4.79 Å². The third-order valence-corrected chi connectivity index (χ3v) is 4.64. The quantitative estimate of drug-likeness (QED) is 0.835. The molecule has 2 aliphatic rings. The van der Waals surface area contributed by atoms with E-state index in [0.717, 1.165) is 19.4 Å². The Bertz CT molecular complexity index is 424. The van der Waals surface area contributed by atoms with Gasteiger partial charge in [0.25, 0.3) is 0 Å². The summed E-state index contributed by atoms with van der Waals surface area (Å²) in [4.78, 5) is 25.1. The van der Waals surface area contributed by atoms with Crippen molar-refractivity contribution in [3.63, 3.8) is 0 Å². The Morgan fingerprint density at radius 1 is 1.36 bits per heavy atom. The summed E-state index contributed by atoms with van der Waals surface area (Å²) in [6, 6.07) is -0.137. The minimum Gasteiger partial charge on any atom is -0.481 e. The summed E-state index contributed by atoms with van der Waals surface area (Å²) in [5.41, 5.74) is -0.123. The first kappa shape index (κ1) is 17.1. The van der Waals surface area contributed by atoms with Gasteiger partial charge in [-0.1, -0.05) is 6.92 Å². The molecule has 0 bridgehead atoms. The van der Waals surface area contributed by atoms with Gasteiger partial charge in [0.1, 0.15) is 0 Å². The first-order valence-electron chi connectivity index (χ1n) is 8.16. The maximum atomic E-state index is 12.3. The fraction of sp³-hybridized carbons (Fsp3) is 0.875. The molecule has 2 aliphatic heterocycles. The van der Waals surface area contributed by atoms with Crippen molar-refractivity contribution in [2.24, 2.45) is 17.8 Å². The molecular weight excluding hydrogens is 284 g/mol. The molecule has 3 atom stereocenters. The normalized spacial score (nSPS) is 31.6. The summed E-state index contributed by atoms with van der Waals surface area (Å²) in [5, 5.41) is 12.2. The van der Waals surface area contributed by atoms with Gasteiger partial charge >= 0.3 is 12.0 Å². The highest BCUT2D eigenvalue weighted by Crippen LogP contribution is 2.28. The molecule has 22 heavy (non-hydrogen) atoms. The molecule has 2 heterocycles. The first-order valence-corrected chi connectivity index (χ1v) is 8.16. The van der Waals surface area contributed by atoms with Gasteiger partial charge < -0.3 is 20.1 Å². The van der Waals surface area contributed by atoms with E-state index in [0.29, 0.717) is 32.0 Å². The fourth-order valence-corrected chi connectivity index (χ4v) is 3.57. The Labute approximate surface area is 132 Å². The predicted octanol–water partition coefficient (Wildman–Crippen LogP) is 1.94. The Morgan fingerprint density at radius 2 is 2.09 bits per heavy atom. The topological polar surface area (TPSA) is 78.9 Å². The van der Waals surface area contributed by atoms with Gasteiger partial charge in [-0.05, 0) is 44.9 Å². The van der Waals surface area contributed by atoms with Crippen LogP contribution in [0, 0.1) is 17.8 Å². The van der Waals surface area contributed by atoms with Gasteiger partial charge in [-0.15, -0.1) is 0 Å². The zero-order chi connectivity index (χ0) is 16.3. The Hall–Kier alpha value is -1.30. The lowest BCUT2D eigenvalue weighted by Crippen LogP contribution is -2.50. The van der Waals surface area contributed by atoms with Gasteiger partial charge in [-0.25, -0.2) is 4.79 Å². The first-order chi connectivity index (χ1) is 10.3. The molecule has 2 N–H and O–H groups in total. The second-order valence-electron chi connectivity index (χ2n) is 7.43. The number of nitrogens with zero attached hydrogens (tertiary/aromatic N) is 1. The average Bonchev–Trinajstić information content (AvgIpc) is 2.43. The predicted molar refractivity (Wildman–Crippen MR) is 82.6 cm³/mol. The number of carbonyl (C=O) groups excluding carboxylic acids is 1. The molecule has 6 nitrogen and oxygen atoms in total. The van der Waals surface area contributed by atoms with Crippen molar-refractivity contribution in [1.82, 2.24) is 10.2 Å². The van der Waals surface area contributed by atoms with Crippen LogP contribution >= 0.6 is 0 Å². The molecule has 0 aromatic rings. The zero-order valence-electron chi connectivity index (χ0n) is 13.8. The molecule has 0 spiro atoms. The zero-order valence-corrected chi connectivity index (χ0v) is 13.8. The molecular formula is C16H28N2O4. The van der Waals surface area contributed by atoms with E-state index in [2.05, 4.69) is 19.2 Å². The maximum Gasteiger partial charge on any atom is 0.317 e. The van der Waals surface area contributed by atoms with Crippen molar-refractivity contribution >= 4 is 12.0 Å². The second-order valence-corrected chi connectivity index (χ2v) is 7.43. The van der Waals surface area contributed by atoms with E-state index in [1.807, 2.05) is 6.92 Å². The summed E-state index contributed by atoms with van der Waals surface area (Å²) in [5.74, 6) is -0.611. The van der Waals surface area contributed by atoms with E-state index >= 15 is 0 Å². The molecule has 6 heteroatoms. The third-order valence-electron chi connectivity index (χ3n) is 4.64. The van der Waals surface area contributed by atoms with Crippen molar-refractivity contribution in [2.75, 3.05) is 26.2 Å². The molecule has 2 saturated heterocycles. The van der Waals surface area contributed by atoms with Crippen molar-refractivity contribution in [3.8, 4) is 0 Å². The van der Waals surface area contributed by atoms with E-state index in [1.54, 1.807) is 4.90 Å². The minimum absolute atomic E-state index is 0.123. The number of nitrogens with one attached hydrogen (secondary N) is 1. The second kappa shape index (κ2) is 6.86. The Kier molecular flexibility index (Phi) is 5.32. The highest BCUT2D eigenvalue weighted by Gasteiger charge is 2.33. The SMILES string of the molecule is CC1CC(C(=O)O)CN(C(=O)NCC2CCOC(C)(C)C2)C1. The van der Waals surface area contributed by atoms with Crippen molar-refractivity contribution in [2.45, 2.75) is 45.6 Å². The number of rotatable bonds is 3. The number of carbonyl (C=O) groups is 2. The van der Waals surface area contributed by atoms with Gasteiger partial charge in [0, 0.05) is 26.2 Å². The number of likely N-dealkylation sites (tertiary alicyclic amines) is 1. The summed E-state index contributed by atoms with van der Waals surface area (Å²) in [6.45, 7) is 8.45. The third kappa shape index (κ3) is 4.60. The van der Waals surface area contributed by atoms with E-state index in [1.165, 1.54) is 0 Å². The van der Waals surface area contributed by atoms with Crippen LogP contribution in [0.3, 0.4) is 0 Å². The lowest BCUT2D eigenvalue weighted by atomic mass is 9.88. The van der Waals surface area contributed by atoms with Gasteiger partial charge in [-0.2, -0.15) is 0 Å². The van der Waals surface area contributed by atoms with E-state index in [9.17, 15) is 14.7 Å². The van der Waals surface area contributed by atoms with Crippen molar-refractivity contribution in [3.05, 3.63) is 0 Å². The largest absolute Gasteiger partial charge is 0.481 e. The number of aliphatic carboxylic acids is 1. The lowest BCUT2D eigenvalue weighted by molar-refractivity contribution is -0.143. The number of piperidine rings is 1. The highest BCUT2D eigenvalue weighted by atomic mass is 16.5. The van der Waals surface area contributed by atoms with Crippen LogP contribution in [0.25, 0.3) is 0 Å². The van der Waals surface area contributed by atoms with Crippen LogP contribution in [0.2, 0.25) is 0 Å². The number of carboxylic acids is 1. The molecule has 0 saturated carbocycles. The van der Waals surface area contributed by atoms with Crippen LogP contribution in [0.15, 0.2) is 0 Å². The smallest absolute Gasteiger partial charge is 0.317 e. The number of ether oxygens (including phenoxy) is 1. The monoisotopic (exact) mass is 312 g/mol. The summed E-state index contributed by atoms with van der Waals surface area (Å²) >= 11 is 0. The standard InChI is InChI=1S/C16H28N2O4/c1-11-6-13(14(19)20)10-18(9-11)15(21)17-8-12-4-5-22-16(2,3)7-12/h11-13H,4-10H2,1-3H3,(H,17,21)(H,19,20). The van der Waals surface area contributed by atoms with Crippen molar-refractivity contribution < 1.29 is 19.4 Å². The van der Waals surface area contributed by atoms with Gasteiger partial charge in [0.15, 0.2) is 0 Å². The molecule has 3 unspecified atom stereocenters. The molecule has 2 rings (SSSR count). The van der Waals surface area contributed by atoms with Crippen LogP contribution < -0.4 is 5.32 Å². The lowest BCUT2D eigenvalue weighted by Gasteiger charge is -2.37. The van der Waals surface area contributed by atoms with Crippen LogP contribution in [0.1, 0.15) is 40.0 Å². The van der Waals surface area contributed by atoms with Gasteiger partial charge in [0.2, 0.25) is 0 Å². The molecule has 2 fully saturated rings. The molecule has 2 amide bonds. The van der Waals surface area contributed by atoms with E-state index in [-0.39, 0.29) is 17.6 Å². The molecule has 0 aromatic carbocycles. The van der Waals surface area contributed by atoms with Crippen LogP contribution in [-0.4, -0.2) is 53.8 Å². The number of hydrogen-bond acceptors (Lipinski definition) is 3. The maximum absolute atomic E-state index is 12.3. The average molecular weight is 312 g/mol. The molecule has 0 aliphatic carbocycles. The van der Waals surface area contributed by atoms with Crippen LogP contribution in [-0.2, 0) is 9.53 Å². The van der Waals surface area contributed by atoms with E-state index in [4.69, 9.17) is 4.74 Å². The molecule has 126 valence electrons. The summed E-state index contributed by atoms with van der Waals surface area (Å²) < 4.78 is 5.68. The fourth-order valence-electron chi connectivity index (χ4n) is 3.57. The molecule has 0 radical (unpaired) electrons. The van der Waals surface area contributed by atoms with E-state index < -0.39 is 11.9 Å². The Morgan fingerprint density at radius 3 is 2.73 bits per heavy atom. The van der Waals surface area contributed by atoms with Gasteiger partial charge in [0.05, 0.1) is 11.5 Å². The van der Waals surface area contributed by atoms with Crippen LogP contribution in [0.5, 0.6) is 0 Å². The number of carboxylic acid groups (broad SMARTS) is 1. The summed E-state index contributed by atoms with van der Waals surface area (Å²) in [7, 11) is 0. The summed E-state index contributed by atoms with van der Waals surface area (Å²) in [6.07, 6.45) is 2.53. The molecule has 0 aromatic heterocycles. The minimum atomic E-state index is -0.810. The number of urea groups is 1. The number of hydrogen-bond donors (Lipinski definition) is 2. The Balaban J connectivity index is 1.82. The highest BCUT2D eigenvalue weighted by molar-refractivity contribution is 5.76. The van der Waals surface area contributed by atoms with Gasteiger partial charge in [-0.3, -0.25) is 4.79 Å². The number of amides is 2.